The molecule has 2 nitrogen and oxygen atoms in total. The van der Waals surface area contributed by atoms with E-state index in [9.17, 15) is 0 Å². The van der Waals surface area contributed by atoms with E-state index in [1.807, 2.05) is 6.07 Å². The van der Waals surface area contributed by atoms with E-state index >= 15 is 0 Å². The van der Waals surface area contributed by atoms with Gasteiger partial charge in [-0.1, -0.05) is 32.1 Å². The van der Waals surface area contributed by atoms with Crippen LogP contribution in [0.25, 0.3) is 0 Å². The zero-order chi connectivity index (χ0) is 12.5. The van der Waals surface area contributed by atoms with Crippen molar-refractivity contribution < 1.29 is 4.74 Å². The molecule has 0 radical (unpaired) electrons. The first kappa shape index (κ1) is 12.0. The second-order valence-corrected chi connectivity index (χ2v) is 5.17. The first-order chi connectivity index (χ1) is 8.06. The number of methoxy groups -OCH3 is 1. The third-order valence-corrected chi connectivity index (χ3v) is 3.95. The molecule has 0 N–H and O–H groups in total. The maximum atomic E-state index is 5.31. The van der Waals surface area contributed by atoms with Crippen molar-refractivity contribution in [3.8, 4) is 5.75 Å². The molecular formula is C15H21NO. The monoisotopic (exact) mass is 231 g/mol. The molecule has 0 saturated heterocycles. The van der Waals surface area contributed by atoms with Crippen LogP contribution < -0.4 is 4.74 Å². The Labute approximate surface area is 104 Å². The smallest absolute Gasteiger partial charge is 0.119 e. The van der Waals surface area contributed by atoms with Crippen LogP contribution in [0.5, 0.6) is 5.75 Å². The van der Waals surface area contributed by atoms with Crippen molar-refractivity contribution in [3.63, 3.8) is 0 Å². The first-order valence-electron chi connectivity index (χ1n) is 6.10. The summed E-state index contributed by atoms with van der Waals surface area (Å²) in [5.74, 6) is 1.52. The molecule has 92 valence electrons. The Bertz CT molecular complexity index is 427. The van der Waals surface area contributed by atoms with Crippen molar-refractivity contribution in [2.24, 2.45) is 5.92 Å². The minimum absolute atomic E-state index is 0.0983. The van der Waals surface area contributed by atoms with E-state index in [0.717, 1.165) is 12.3 Å². The molecule has 0 unspecified atom stereocenters. The highest BCUT2D eigenvalue weighted by Gasteiger charge is 2.33. The summed E-state index contributed by atoms with van der Waals surface area (Å²) in [6, 6.07) is 8.40. The average Bonchev–Trinajstić information content (AvgIpc) is 2.34. The number of ether oxygens (including phenoxy) is 1. The molecule has 0 aromatic heterocycles. The van der Waals surface area contributed by atoms with Crippen molar-refractivity contribution >= 4 is 0 Å². The Morgan fingerprint density at radius 2 is 2.18 bits per heavy atom. The van der Waals surface area contributed by atoms with Gasteiger partial charge in [-0.15, -0.1) is 0 Å². The predicted molar refractivity (Wildman–Crippen MR) is 71.3 cm³/mol. The third-order valence-electron chi connectivity index (χ3n) is 3.95. The van der Waals surface area contributed by atoms with Gasteiger partial charge in [0, 0.05) is 19.0 Å². The minimum atomic E-state index is 0.0983. The number of rotatable bonds is 2. The molecule has 1 aromatic rings. The third kappa shape index (κ3) is 2.17. The molecular weight excluding hydrogens is 210 g/mol. The highest BCUT2D eigenvalue weighted by atomic mass is 16.5. The van der Waals surface area contributed by atoms with Gasteiger partial charge in [0.2, 0.25) is 0 Å². The molecule has 0 spiro atoms. The number of benzene rings is 1. The first-order valence-corrected chi connectivity index (χ1v) is 6.10. The second-order valence-electron chi connectivity index (χ2n) is 5.17. The lowest BCUT2D eigenvalue weighted by Crippen LogP contribution is -2.39. The molecule has 2 atom stereocenters. The van der Waals surface area contributed by atoms with Crippen LogP contribution >= 0.6 is 0 Å². The summed E-state index contributed by atoms with van der Waals surface area (Å²) >= 11 is 0. The van der Waals surface area contributed by atoms with Crippen molar-refractivity contribution in [1.29, 1.82) is 0 Å². The van der Waals surface area contributed by atoms with Crippen LogP contribution in [-0.2, 0) is 5.41 Å². The van der Waals surface area contributed by atoms with E-state index in [-0.39, 0.29) is 5.41 Å². The van der Waals surface area contributed by atoms with Crippen LogP contribution in [-0.4, -0.2) is 25.6 Å². The maximum Gasteiger partial charge on any atom is 0.119 e. The van der Waals surface area contributed by atoms with Gasteiger partial charge in [0.1, 0.15) is 5.75 Å². The van der Waals surface area contributed by atoms with Crippen molar-refractivity contribution in [2.45, 2.75) is 19.3 Å². The van der Waals surface area contributed by atoms with Gasteiger partial charge in [0.25, 0.3) is 0 Å². The molecule has 1 heterocycles. The SMILES string of the molecule is COc1cccc([C@]2(C)C=CN(C)C[C@@H]2C)c1. The summed E-state index contributed by atoms with van der Waals surface area (Å²) in [6.07, 6.45) is 4.48. The van der Waals surface area contributed by atoms with E-state index in [0.29, 0.717) is 5.92 Å². The normalized spacial score (nSPS) is 28.2. The second kappa shape index (κ2) is 4.44. The minimum Gasteiger partial charge on any atom is -0.497 e. The lowest BCUT2D eigenvalue weighted by molar-refractivity contribution is 0.264. The van der Waals surface area contributed by atoms with Crippen LogP contribution in [0, 0.1) is 5.92 Å². The van der Waals surface area contributed by atoms with Gasteiger partial charge in [-0.25, -0.2) is 0 Å². The summed E-state index contributed by atoms with van der Waals surface area (Å²) in [5, 5.41) is 0. The topological polar surface area (TPSA) is 12.5 Å². The summed E-state index contributed by atoms with van der Waals surface area (Å²) in [5.41, 5.74) is 1.43. The molecule has 17 heavy (non-hydrogen) atoms. The molecule has 1 aliphatic rings. The number of hydrogen-bond donors (Lipinski definition) is 0. The highest BCUT2D eigenvalue weighted by Crippen LogP contribution is 2.37. The largest absolute Gasteiger partial charge is 0.497 e. The summed E-state index contributed by atoms with van der Waals surface area (Å²) in [6.45, 7) is 5.69. The maximum absolute atomic E-state index is 5.31. The van der Waals surface area contributed by atoms with Crippen LogP contribution in [0.4, 0.5) is 0 Å². The van der Waals surface area contributed by atoms with E-state index in [4.69, 9.17) is 4.74 Å². The molecule has 0 amide bonds. The quantitative estimate of drug-likeness (QED) is 0.775. The van der Waals surface area contributed by atoms with Crippen LogP contribution in [0.1, 0.15) is 19.4 Å². The van der Waals surface area contributed by atoms with Crippen LogP contribution in [0.2, 0.25) is 0 Å². The average molecular weight is 231 g/mol. The Kier molecular flexibility index (Phi) is 3.14. The molecule has 1 aliphatic heterocycles. The van der Waals surface area contributed by atoms with Crippen molar-refractivity contribution in [3.05, 3.63) is 42.1 Å². The fourth-order valence-electron chi connectivity index (χ4n) is 2.47. The summed E-state index contributed by atoms with van der Waals surface area (Å²) in [7, 11) is 3.84. The Morgan fingerprint density at radius 1 is 1.41 bits per heavy atom. The van der Waals surface area contributed by atoms with Crippen LogP contribution in [0.3, 0.4) is 0 Å². The molecule has 1 aromatic carbocycles. The molecule has 0 bridgehead atoms. The fraction of sp³-hybridized carbons (Fsp3) is 0.467. The van der Waals surface area contributed by atoms with E-state index in [1.165, 1.54) is 5.56 Å². The Balaban J connectivity index is 2.40. The zero-order valence-corrected chi connectivity index (χ0v) is 11.1. The lowest BCUT2D eigenvalue weighted by Gasteiger charge is -2.40. The van der Waals surface area contributed by atoms with E-state index in [2.05, 4.69) is 56.3 Å². The molecule has 0 aliphatic carbocycles. The van der Waals surface area contributed by atoms with Crippen LogP contribution in [0.15, 0.2) is 36.5 Å². The number of hydrogen-bond acceptors (Lipinski definition) is 2. The summed E-state index contributed by atoms with van der Waals surface area (Å²) < 4.78 is 5.31. The molecule has 0 saturated carbocycles. The Morgan fingerprint density at radius 3 is 2.82 bits per heavy atom. The van der Waals surface area contributed by atoms with Gasteiger partial charge in [0.05, 0.1) is 7.11 Å². The van der Waals surface area contributed by atoms with Gasteiger partial charge in [-0.05, 0) is 29.8 Å². The molecule has 2 rings (SSSR count). The number of nitrogens with zero attached hydrogens (tertiary/aromatic N) is 1. The molecule has 0 fully saturated rings. The van der Waals surface area contributed by atoms with E-state index in [1.54, 1.807) is 7.11 Å². The van der Waals surface area contributed by atoms with Crippen molar-refractivity contribution in [2.75, 3.05) is 20.7 Å². The lowest BCUT2D eigenvalue weighted by atomic mass is 9.71. The Hall–Kier alpha value is -1.44. The van der Waals surface area contributed by atoms with E-state index < -0.39 is 0 Å². The summed E-state index contributed by atoms with van der Waals surface area (Å²) in [4.78, 5) is 2.24. The van der Waals surface area contributed by atoms with Crippen molar-refractivity contribution in [1.82, 2.24) is 4.90 Å². The standard InChI is InChI=1S/C15H21NO/c1-12-11-16(3)9-8-15(12,2)13-6-5-7-14(10-13)17-4/h5-10,12H,11H2,1-4H3/t12-,15+/m0/s1. The molecule has 2 heteroatoms. The van der Waals surface area contributed by atoms with Gasteiger partial charge >= 0.3 is 0 Å². The fourth-order valence-corrected chi connectivity index (χ4v) is 2.47. The van der Waals surface area contributed by atoms with Gasteiger partial charge in [-0.3, -0.25) is 0 Å². The van der Waals surface area contributed by atoms with Gasteiger partial charge < -0.3 is 9.64 Å². The highest BCUT2D eigenvalue weighted by molar-refractivity contribution is 5.38. The van der Waals surface area contributed by atoms with Gasteiger partial charge in [0.15, 0.2) is 0 Å². The predicted octanol–water partition coefficient (Wildman–Crippen LogP) is 3.05. The zero-order valence-electron chi connectivity index (χ0n) is 11.1. The van der Waals surface area contributed by atoms with Gasteiger partial charge in [-0.2, -0.15) is 0 Å². The number of allylic oxidation sites excluding steroid dienone is 1.